The van der Waals surface area contributed by atoms with Crippen molar-refractivity contribution in [3.63, 3.8) is 0 Å². The fraction of sp³-hybridized carbons (Fsp3) is 0.200. The van der Waals surface area contributed by atoms with Gasteiger partial charge in [-0.15, -0.1) is 0 Å². The molecule has 2 aromatic rings. The van der Waals surface area contributed by atoms with Gasteiger partial charge in [0.25, 0.3) is 0 Å². The number of allylic oxidation sites excluding steroid dienone is 3. The van der Waals surface area contributed by atoms with E-state index in [0.717, 1.165) is 46.6 Å². The molecule has 0 aromatic heterocycles. The molecule has 5 heteroatoms. The Morgan fingerprint density at radius 2 is 1.27 bits per heavy atom. The van der Waals surface area contributed by atoms with Crippen LogP contribution < -0.4 is 9.47 Å². The van der Waals surface area contributed by atoms with Crippen molar-refractivity contribution in [1.82, 2.24) is 0 Å². The van der Waals surface area contributed by atoms with Crippen LogP contribution in [0.5, 0.6) is 11.5 Å². The molecule has 0 amide bonds. The zero-order valence-corrected chi connectivity index (χ0v) is 17.3. The van der Waals surface area contributed by atoms with E-state index in [1.165, 1.54) is 7.11 Å². The largest absolute Gasteiger partial charge is 0.497 e. The Labute approximate surface area is 176 Å². The van der Waals surface area contributed by atoms with E-state index in [1.807, 2.05) is 66.8 Å². The van der Waals surface area contributed by atoms with E-state index in [0.29, 0.717) is 5.57 Å². The zero-order chi connectivity index (χ0) is 21.5. The fourth-order valence-corrected chi connectivity index (χ4v) is 3.44. The van der Waals surface area contributed by atoms with Gasteiger partial charge < -0.3 is 14.2 Å². The minimum absolute atomic E-state index is 0.0227. The third-order valence-corrected chi connectivity index (χ3v) is 4.97. The molecule has 1 fully saturated rings. The lowest BCUT2D eigenvalue weighted by molar-refractivity contribution is -0.135. The summed E-state index contributed by atoms with van der Waals surface area (Å²) >= 11 is 0. The number of rotatable bonds is 5. The van der Waals surface area contributed by atoms with Crippen LogP contribution in [-0.4, -0.2) is 27.3 Å². The number of methoxy groups -OCH3 is 3. The molecule has 152 valence electrons. The highest BCUT2D eigenvalue weighted by Crippen LogP contribution is 2.40. The van der Waals surface area contributed by atoms with Gasteiger partial charge in [0.15, 0.2) is 0 Å². The van der Waals surface area contributed by atoms with E-state index in [9.17, 15) is 10.1 Å². The van der Waals surface area contributed by atoms with Crippen molar-refractivity contribution in [3.8, 4) is 17.6 Å². The molecule has 0 heterocycles. The van der Waals surface area contributed by atoms with Crippen molar-refractivity contribution in [1.29, 1.82) is 5.26 Å². The second-order valence-electron chi connectivity index (χ2n) is 6.74. The van der Waals surface area contributed by atoms with Gasteiger partial charge in [-0.1, -0.05) is 36.4 Å². The summed E-state index contributed by atoms with van der Waals surface area (Å²) in [6.07, 6.45) is 5.46. The monoisotopic (exact) mass is 401 g/mol. The van der Waals surface area contributed by atoms with Crippen LogP contribution in [0.3, 0.4) is 0 Å². The second kappa shape index (κ2) is 9.62. The van der Waals surface area contributed by atoms with Crippen LogP contribution in [0.2, 0.25) is 0 Å². The molecular weight excluding hydrogens is 378 g/mol. The summed E-state index contributed by atoms with van der Waals surface area (Å²) in [7, 11) is 4.53. The molecular formula is C25H23NO4. The van der Waals surface area contributed by atoms with Gasteiger partial charge in [-0.05, 0) is 59.4 Å². The maximum absolute atomic E-state index is 12.3. The number of nitrogens with zero attached hydrogens (tertiary/aromatic N) is 1. The zero-order valence-electron chi connectivity index (χ0n) is 17.3. The number of carbonyl (C=O) groups excluding carboxylic acids is 1. The summed E-state index contributed by atoms with van der Waals surface area (Å²) in [5.41, 5.74) is 4.47. The molecule has 30 heavy (non-hydrogen) atoms. The lowest BCUT2D eigenvalue weighted by Gasteiger charge is -2.08. The van der Waals surface area contributed by atoms with Crippen molar-refractivity contribution >= 4 is 18.1 Å². The van der Waals surface area contributed by atoms with Gasteiger partial charge in [-0.2, -0.15) is 5.26 Å². The maximum atomic E-state index is 12.3. The minimum atomic E-state index is -0.629. The topological polar surface area (TPSA) is 68.6 Å². The molecule has 0 atom stereocenters. The molecule has 1 saturated carbocycles. The average Bonchev–Trinajstić information content (AvgIpc) is 3.17. The molecule has 3 rings (SSSR count). The lowest BCUT2D eigenvalue weighted by atomic mass is 9.97. The number of hydrogen-bond donors (Lipinski definition) is 0. The molecule has 0 N–H and O–H groups in total. The van der Waals surface area contributed by atoms with Gasteiger partial charge in [0, 0.05) is 5.57 Å². The van der Waals surface area contributed by atoms with E-state index in [-0.39, 0.29) is 5.57 Å². The molecule has 2 aromatic carbocycles. The van der Waals surface area contributed by atoms with Crippen molar-refractivity contribution in [2.45, 2.75) is 12.8 Å². The predicted octanol–water partition coefficient (Wildman–Crippen LogP) is 4.96. The second-order valence-corrected chi connectivity index (χ2v) is 6.74. The summed E-state index contributed by atoms with van der Waals surface area (Å²) in [5, 5.41) is 9.70. The number of hydrogen-bond acceptors (Lipinski definition) is 5. The van der Waals surface area contributed by atoms with Gasteiger partial charge >= 0.3 is 5.97 Å². The number of nitriles is 1. The van der Waals surface area contributed by atoms with Crippen LogP contribution in [0.15, 0.2) is 70.8 Å². The van der Waals surface area contributed by atoms with Crippen LogP contribution in [-0.2, 0) is 9.53 Å². The molecule has 5 nitrogen and oxygen atoms in total. The first-order valence-corrected chi connectivity index (χ1v) is 9.52. The summed E-state index contributed by atoms with van der Waals surface area (Å²) in [5.74, 6) is 0.911. The molecule has 1 aliphatic carbocycles. The summed E-state index contributed by atoms with van der Waals surface area (Å²) < 4.78 is 15.3. The molecule has 0 radical (unpaired) electrons. The highest BCUT2D eigenvalue weighted by molar-refractivity contribution is 5.97. The summed E-state index contributed by atoms with van der Waals surface area (Å²) in [6.45, 7) is 0. The van der Waals surface area contributed by atoms with Crippen molar-refractivity contribution in [2.75, 3.05) is 21.3 Å². The van der Waals surface area contributed by atoms with E-state index in [1.54, 1.807) is 14.2 Å². The van der Waals surface area contributed by atoms with E-state index in [2.05, 4.69) is 0 Å². The van der Waals surface area contributed by atoms with Crippen LogP contribution >= 0.6 is 0 Å². The first-order chi connectivity index (χ1) is 14.6. The Morgan fingerprint density at radius 3 is 1.60 bits per heavy atom. The quantitative estimate of drug-likeness (QED) is 0.402. The number of benzene rings is 2. The lowest BCUT2D eigenvalue weighted by Crippen LogP contribution is -2.07. The van der Waals surface area contributed by atoms with Crippen LogP contribution in [0.1, 0.15) is 24.0 Å². The van der Waals surface area contributed by atoms with Gasteiger partial charge in [0.1, 0.15) is 23.1 Å². The van der Waals surface area contributed by atoms with Crippen molar-refractivity contribution < 1.29 is 19.0 Å². The van der Waals surface area contributed by atoms with Crippen molar-refractivity contribution in [3.05, 3.63) is 82.0 Å². The van der Waals surface area contributed by atoms with Crippen molar-refractivity contribution in [2.24, 2.45) is 0 Å². The molecule has 0 unspecified atom stereocenters. The predicted molar refractivity (Wildman–Crippen MR) is 116 cm³/mol. The number of ether oxygens (including phenoxy) is 3. The van der Waals surface area contributed by atoms with Crippen LogP contribution in [0.4, 0.5) is 0 Å². The standard InChI is InChI=1S/C25H23NO4/c1-28-21-10-4-17(5-11-21)14-19-8-9-20(24(19)23(16-26)25(27)30-3)15-18-6-12-22(29-2)13-7-18/h4-7,10-15H,8-9H2,1-3H3/b19-14+,20-15+. The van der Waals surface area contributed by atoms with E-state index in [4.69, 9.17) is 14.2 Å². The Balaban J connectivity index is 2.08. The molecule has 0 bridgehead atoms. The van der Waals surface area contributed by atoms with Gasteiger partial charge in [0.05, 0.1) is 21.3 Å². The SMILES string of the molecule is COC(=O)C(C#N)=C1/C(=C/c2ccc(OC)cc2)CC/C1=C\c1ccc(OC)cc1. The Kier molecular flexibility index (Phi) is 6.71. The Morgan fingerprint density at radius 1 is 0.833 bits per heavy atom. The highest BCUT2D eigenvalue weighted by Gasteiger charge is 2.27. The summed E-state index contributed by atoms with van der Waals surface area (Å²) in [6, 6.07) is 17.3. The average molecular weight is 401 g/mol. The molecule has 0 spiro atoms. The van der Waals surface area contributed by atoms with Gasteiger partial charge in [-0.3, -0.25) is 0 Å². The van der Waals surface area contributed by atoms with E-state index < -0.39 is 5.97 Å². The van der Waals surface area contributed by atoms with Crippen LogP contribution in [0, 0.1) is 11.3 Å². The smallest absolute Gasteiger partial charge is 0.349 e. The normalized spacial score (nSPS) is 15.7. The summed E-state index contributed by atoms with van der Waals surface area (Å²) in [4.78, 5) is 12.3. The third-order valence-electron chi connectivity index (χ3n) is 4.97. The minimum Gasteiger partial charge on any atom is -0.497 e. The first kappa shape index (κ1) is 20.9. The Hall–Kier alpha value is -3.78. The third kappa shape index (κ3) is 4.61. The molecule has 0 saturated heterocycles. The highest BCUT2D eigenvalue weighted by atomic mass is 16.5. The van der Waals surface area contributed by atoms with Crippen LogP contribution in [0.25, 0.3) is 12.2 Å². The Bertz CT molecular complexity index is 984. The van der Waals surface area contributed by atoms with Gasteiger partial charge in [-0.25, -0.2) is 4.79 Å². The molecule has 0 aliphatic heterocycles. The van der Waals surface area contributed by atoms with Gasteiger partial charge in [0.2, 0.25) is 0 Å². The number of esters is 1. The molecule has 1 aliphatic rings. The number of carbonyl (C=O) groups is 1. The maximum Gasteiger partial charge on any atom is 0.349 e. The van der Waals surface area contributed by atoms with E-state index >= 15 is 0 Å². The fourth-order valence-electron chi connectivity index (χ4n) is 3.44. The first-order valence-electron chi connectivity index (χ1n) is 9.52.